The lowest BCUT2D eigenvalue weighted by atomic mass is 10.1. The molecule has 1 unspecified atom stereocenters. The van der Waals surface area contributed by atoms with Crippen molar-refractivity contribution >= 4 is 5.96 Å². The van der Waals surface area contributed by atoms with E-state index in [1.165, 1.54) is 19.3 Å². The quantitative estimate of drug-likeness (QED) is 0.479. The van der Waals surface area contributed by atoms with E-state index < -0.39 is 0 Å². The van der Waals surface area contributed by atoms with Crippen LogP contribution >= 0.6 is 0 Å². The maximum absolute atomic E-state index is 5.64. The summed E-state index contributed by atoms with van der Waals surface area (Å²) in [6.07, 6.45) is 7.43. The molecule has 2 rings (SSSR count). The Labute approximate surface area is 127 Å². The van der Waals surface area contributed by atoms with Crippen molar-refractivity contribution in [2.45, 2.75) is 25.3 Å². The second kappa shape index (κ2) is 8.52. The fourth-order valence-corrected chi connectivity index (χ4v) is 2.70. The van der Waals surface area contributed by atoms with Gasteiger partial charge in [-0.1, -0.05) is 12.5 Å². The van der Waals surface area contributed by atoms with Crippen LogP contribution in [-0.2, 0) is 0 Å². The molecule has 0 saturated carbocycles. The molecule has 1 saturated heterocycles. The van der Waals surface area contributed by atoms with Gasteiger partial charge in [0.25, 0.3) is 0 Å². The van der Waals surface area contributed by atoms with Crippen LogP contribution < -0.4 is 10.6 Å². The van der Waals surface area contributed by atoms with E-state index >= 15 is 0 Å². The summed E-state index contributed by atoms with van der Waals surface area (Å²) in [7, 11) is 1.78. The third kappa shape index (κ3) is 4.63. The van der Waals surface area contributed by atoms with Gasteiger partial charge in [-0.15, -0.1) is 6.58 Å². The highest BCUT2D eigenvalue weighted by atomic mass is 16.3. The fourth-order valence-electron chi connectivity index (χ4n) is 2.70. The van der Waals surface area contributed by atoms with Crippen molar-refractivity contribution in [3.63, 3.8) is 0 Å². The van der Waals surface area contributed by atoms with Gasteiger partial charge in [0.1, 0.15) is 5.76 Å². The van der Waals surface area contributed by atoms with E-state index in [4.69, 9.17) is 4.42 Å². The van der Waals surface area contributed by atoms with E-state index in [1.54, 1.807) is 13.3 Å². The number of hydrogen-bond acceptors (Lipinski definition) is 3. The van der Waals surface area contributed by atoms with Gasteiger partial charge in [0.2, 0.25) is 0 Å². The minimum absolute atomic E-state index is 0.252. The van der Waals surface area contributed by atoms with Gasteiger partial charge in [-0.3, -0.25) is 9.89 Å². The van der Waals surface area contributed by atoms with Crippen LogP contribution in [0.3, 0.4) is 0 Å². The lowest BCUT2D eigenvalue weighted by Gasteiger charge is -2.33. The zero-order valence-electron chi connectivity index (χ0n) is 12.8. The number of hydrogen-bond donors (Lipinski definition) is 2. The highest BCUT2D eigenvalue weighted by molar-refractivity contribution is 5.79. The first-order valence-electron chi connectivity index (χ1n) is 7.68. The van der Waals surface area contributed by atoms with E-state index in [2.05, 4.69) is 33.2 Å². The predicted molar refractivity (Wildman–Crippen MR) is 86.4 cm³/mol. The molecular weight excluding hydrogens is 264 g/mol. The third-order valence-electron chi connectivity index (χ3n) is 3.80. The van der Waals surface area contributed by atoms with Gasteiger partial charge in [0, 0.05) is 20.1 Å². The number of nitrogens with zero attached hydrogens (tertiary/aromatic N) is 2. The van der Waals surface area contributed by atoms with Crippen LogP contribution in [0.5, 0.6) is 0 Å². The molecule has 1 aliphatic rings. The van der Waals surface area contributed by atoms with E-state index in [-0.39, 0.29) is 6.04 Å². The normalized spacial score (nSPS) is 18.2. The maximum Gasteiger partial charge on any atom is 0.191 e. The van der Waals surface area contributed by atoms with Gasteiger partial charge in [0.05, 0.1) is 12.3 Å². The molecule has 1 aromatic rings. The van der Waals surface area contributed by atoms with Crippen molar-refractivity contribution in [3.8, 4) is 0 Å². The van der Waals surface area contributed by atoms with Gasteiger partial charge in [-0.2, -0.15) is 0 Å². The molecule has 1 atom stereocenters. The number of rotatable bonds is 6. The van der Waals surface area contributed by atoms with Gasteiger partial charge in [-0.25, -0.2) is 0 Å². The number of nitrogens with one attached hydrogen (secondary N) is 2. The lowest BCUT2D eigenvalue weighted by molar-refractivity contribution is 0.146. The van der Waals surface area contributed by atoms with Crippen LogP contribution in [0.2, 0.25) is 0 Å². The summed E-state index contributed by atoms with van der Waals surface area (Å²) in [5.74, 6) is 1.81. The number of likely N-dealkylation sites (tertiary alicyclic amines) is 1. The summed E-state index contributed by atoms with van der Waals surface area (Å²) in [4.78, 5) is 6.72. The molecule has 0 radical (unpaired) electrons. The van der Waals surface area contributed by atoms with Crippen LogP contribution in [0.15, 0.2) is 40.5 Å². The van der Waals surface area contributed by atoms with Crippen molar-refractivity contribution in [1.82, 2.24) is 15.5 Å². The Morgan fingerprint density at radius 3 is 2.86 bits per heavy atom. The number of furan rings is 1. The number of piperidine rings is 1. The molecule has 0 bridgehead atoms. The van der Waals surface area contributed by atoms with Crippen molar-refractivity contribution in [1.29, 1.82) is 0 Å². The first kappa shape index (κ1) is 15.6. The molecule has 0 aromatic carbocycles. The molecule has 116 valence electrons. The fraction of sp³-hybridized carbons (Fsp3) is 0.562. The molecule has 2 N–H and O–H groups in total. The smallest absolute Gasteiger partial charge is 0.191 e. The molecule has 1 aliphatic heterocycles. The third-order valence-corrected chi connectivity index (χ3v) is 3.80. The van der Waals surface area contributed by atoms with E-state index in [0.717, 1.165) is 31.4 Å². The predicted octanol–water partition coefficient (Wildman–Crippen LogP) is 2.16. The van der Waals surface area contributed by atoms with Gasteiger partial charge < -0.3 is 15.1 Å². The number of guanidine groups is 1. The Hall–Kier alpha value is -1.75. The monoisotopic (exact) mass is 290 g/mol. The van der Waals surface area contributed by atoms with E-state index in [1.807, 2.05) is 12.1 Å². The Morgan fingerprint density at radius 2 is 2.24 bits per heavy atom. The Bertz CT molecular complexity index is 435. The van der Waals surface area contributed by atoms with Crippen molar-refractivity contribution in [2.75, 3.05) is 33.2 Å². The second-order valence-electron chi connectivity index (χ2n) is 5.25. The average molecular weight is 290 g/mol. The zero-order valence-corrected chi connectivity index (χ0v) is 12.8. The summed E-state index contributed by atoms with van der Waals surface area (Å²) < 4.78 is 5.64. The molecule has 1 aromatic heterocycles. The Morgan fingerprint density at radius 1 is 1.43 bits per heavy atom. The van der Waals surface area contributed by atoms with Gasteiger partial charge >= 0.3 is 0 Å². The van der Waals surface area contributed by atoms with Crippen molar-refractivity contribution < 1.29 is 4.42 Å². The molecule has 0 amide bonds. The molecule has 2 heterocycles. The van der Waals surface area contributed by atoms with E-state index in [0.29, 0.717) is 6.54 Å². The highest BCUT2D eigenvalue weighted by Crippen LogP contribution is 2.24. The summed E-state index contributed by atoms with van der Waals surface area (Å²) in [6.45, 7) is 7.45. The van der Waals surface area contributed by atoms with Crippen molar-refractivity contribution in [3.05, 3.63) is 36.8 Å². The molecule has 21 heavy (non-hydrogen) atoms. The standard InChI is InChI=1S/C16H26N4O/c1-3-9-18-16(17-2)19-13-14(15-8-7-12-21-15)20-10-5-4-6-11-20/h3,7-8,12,14H,1,4-6,9-11,13H2,2H3,(H2,17,18,19). The van der Waals surface area contributed by atoms with Crippen LogP contribution in [0.4, 0.5) is 0 Å². The summed E-state index contributed by atoms with van der Waals surface area (Å²) in [5, 5.41) is 6.57. The molecule has 0 aliphatic carbocycles. The molecule has 1 fully saturated rings. The average Bonchev–Trinajstić information content (AvgIpc) is 3.06. The zero-order chi connectivity index (χ0) is 14.9. The minimum Gasteiger partial charge on any atom is -0.468 e. The lowest BCUT2D eigenvalue weighted by Crippen LogP contribution is -2.44. The summed E-state index contributed by atoms with van der Waals surface area (Å²) in [5.41, 5.74) is 0. The Balaban J connectivity index is 1.97. The molecule has 0 spiro atoms. The first-order valence-corrected chi connectivity index (χ1v) is 7.68. The summed E-state index contributed by atoms with van der Waals surface area (Å²) in [6, 6.07) is 4.26. The van der Waals surface area contributed by atoms with Gasteiger partial charge in [-0.05, 0) is 38.1 Å². The molecule has 5 nitrogen and oxygen atoms in total. The second-order valence-corrected chi connectivity index (χ2v) is 5.25. The summed E-state index contributed by atoms with van der Waals surface area (Å²) >= 11 is 0. The van der Waals surface area contributed by atoms with E-state index in [9.17, 15) is 0 Å². The highest BCUT2D eigenvalue weighted by Gasteiger charge is 2.24. The number of aliphatic imine (C=N–C) groups is 1. The minimum atomic E-state index is 0.252. The largest absolute Gasteiger partial charge is 0.468 e. The topological polar surface area (TPSA) is 52.8 Å². The molecule has 5 heteroatoms. The maximum atomic E-state index is 5.64. The van der Waals surface area contributed by atoms with Gasteiger partial charge in [0.15, 0.2) is 5.96 Å². The molecular formula is C16H26N4O. The van der Waals surface area contributed by atoms with Crippen LogP contribution in [0.1, 0.15) is 31.1 Å². The van der Waals surface area contributed by atoms with Crippen LogP contribution in [0, 0.1) is 0 Å². The van der Waals surface area contributed by atoms with Crippen LogP contribution in [0.25, 0.3) is 0 Å². The Kier molecular flexibility index (Phi) is 6.34. The van der Waals surface area contributed by atoms with Crippen molar-refractivity contribution in [2.24, 2.45) is 4.99 Å². The van der Waals surface area contributed by atoms with Crippen LogP contribution in [-0.4, -0.2) is 44.1 Å². The first-order chi connectivity index (χ1) is 10.3. The SMILES string of the molecule is C=CCNC(=NC)NCC(c1ccco1)N1CCCCC1.